The van der Waals surface area contributed by atoms with Crippen LogP contribution in [0.1, 0.15) is 49.0 Å². The molecule has 122 valence electrons. The van der Waals surface area contributed by atoms with Crippen LogP contribution < -0.4 is 5.32 Å². The van der Waals surface area contributed by atoms with Gasteiger partial charge in [0.05, 0.1) is 25.3 Å². The highest BCUT2D eigenvalue weighted by molar-refractivity contribution is 5.89. The maximum atomic E-state index is 11.9. The van der Waals surface area contributed by atoms with E-state index in [-0.39, 0.29) is 18.5 Å². The van der Waals surface area contributed by atoms with Crippen molar-refractivity contribution in [2.75, 3.05) is 19.8 Å². The maximum absolute atomic E-state index is 11.9. The van der Waals surface area contributed by atoms with E-state index < -0.39 is 0 Å². The first-order chi connectivity index (χ1) is 10.7. The predicted octanol–water partition coefficient (Wildman–Crippen LogP) is 2.69. The predicted molar refractivity (Wildman–Crippen MR) is 84.6 cm³/mol. The van der Waals surface area contributed by atoms with Crippen molar-refractivity contribution in [2.24, 2.45) is 0 Å². The van der Waals surface area contributed by atoms with E-state index in [2.05, 4.69) is 5.32 Å². The molecular formula is C17H25NO4. The van der Waals surface area contributed by atoms with Crippen LogP contribution in [0.2, 0.25) is 0 Å². The highest BCUT2D eigenvalue weighted by Crippen LogP contribution is 2.07. The molecule has 0 saturated heterocycles. The average molecular weight is 307 g/mol. The first-order valence-electron chi connectivity index (χ1n) is 7.79. The standard InChI is InChI=1S/C17H25NO4/c1-3-5-10-22-17(20)15-8-6-7-14(11-15)12-18-13-16(19)21-9-4-2/h6-8,11,18H,3-5,9-10,12-13H2,1-2H3. The fourth-order valence-electron chi connectivity index (χ4n) is 1.78. The summed E-state index contributed by atoms with van der Waals surface area (Å²) >= 11 is 0. The minimum atomic E-state index is -0.308. The minimum Gasteiger partial charge on any atom is -0.465 e. The fraction of sp³-hybridized carbons (Fsp3) is 0.529. The third kappa shape index (κ3) is 7.22. The van der Waals surface area contributed by atoms with Crippen LogP contribution in [0.4, 0.5) is 0 Å². The molecule has 0 saturated carbocycles. The Morgan fingerprint density at radius 1 is 1.09 bits per heavy atom. The van der Waals surface area contributed by atoms with E-state index in [9.17, 15) is 9.59 Å². The van der Waals surface area contributed by atoms with Crippen molar-refractivity contribution in [3.8, 4) is 0 Å². The lowest BCUT2D eigenvalue weighted by atomic mass is 10.1. The van der Waals surface area contributed by atoms with Crippen LogP contribution in [0.3, 0.4) is 0 Å². The van der Waals surface area contributed by atoms with Crippen LogP contribution in [0.15, 0.2) is 24.3 Å². The Balaban J connectivity index is 2.40. The summed E-state index contributed by atoms with van der Waals surface area (Å²) in [5, 5.41) is 3.00. The topological polar surface area (TPSA) is 64.6 Å². The van der Waals surface area contributed by atoms with Crippen molar-refractivity contribution in [3.05, 3.63) is 35.4 Å². The van der Waals surface area contributed by atoms with Crippen molar-refractivity contribution in [1.29, 1.82) is 0 Å². The number of nitrogens with one attached hydrogen (secondary N) is 1. The van der Waals surface area contributed by atoms with Crippen molar-refractivity contribution in [1.82, 2.24) is 5.32 Å². The zero-order valence-corrected chi connectivity index (χ0v) is 13.4. The molecule has 0 heterocycles. The molecule has 5 heteroatoms. The second kappa shape index (κ2) is 10.8. The van der Waals surface area contributed by atoms with E-state index in [1.807, 2.05) is 26.0 Å². The van der Waals surface area contributed by atoms with Crippen molar-refractivity contribution in [2.45, 2.75) is 39.7 Å². The Morgan fingerprint density at radius 3 is 2.64 bits per heavy atom. The molecule has 0 aliphatic heterocycles. The molecule has 0 unspecified atom stereocenters. The van der Waals surface area contributed by atoms with Gasteiger partial charge in [-0.1, -0.05) is 32.4 Å². The molecular weight excluding hydrogens is 282 g/mol. The fourth-order valence-corrected chi connectivity index (χ4v) is 1.78. The monoisotopic (exact) mass is 307 g/mol. The molecule has 0 aliphatic carbocycles. The van der Waals surface area contributed by atoms with Gasteiger partial charge in [-0.25, -0.2) is 4.79 Å². The van der Waals surface area contributed by atoms with E-state index in [4.69, 9.17) is 9.47 Å². The first-order valence-corrected chi connectivity index (χ1v) is 7.79. The Hall–Kier alpha value is -1.88. The second-order valence-corrected chi connectivity index (χ2v) is 5.01. The van der Waals surface area contributed by atoms with Gasteiger partial charge in [0.1, 0.15) is 0 Å². The third-order valence-electron chi connectivity index (χ3n) is 2.96. The summed E-state index contributed by atoms with van der Waals surface area (Å²) in [7, 11) is 0. The number of hydrogen-bond acceptors (Lipinski definition) is 5. The summed E-state index contributed by atoms with van der Waals surface area (Å²) in [6, 6.07) is 7.21. The van der Waals surface area contributed by atoms with Crippen molar-refractivity contribution >= 4 is 11.9 Å². The van der Waals surface area contributed by atoms with E-state index >= 15 is 0 Å². The zero-order valence-electron chi connectivity index (χ0n) is 13.4. The lowest BCUT2D eigenvalue weighted by molar-refractivity contribution is -0.142. The molecule has 1 aromatic carbocycles. The lowest BCUT2D eigenvalue weighted by Gasteiger charge is -2.07. The lowest BCUT2D eigenvalue weighted by Crippen LogP contribution is -2.24. The van der Waals surface area contributed by atoms with Gasteiger partial charge in [-0.3, -0.25) is 4.79 Å². The number of rotatable bonds is 10. The molecule has 1 aromatic rings. The van der Waals surface area contributed by atoms with E-state index in [0.717, 1.165) is 24.8 Å². The molecule has 1 N–H and O–H groups in total. The van der Waals surface area contributed by atoms with Gasteiger partial charge < -0.3 is 14.8 Å². The normalized spacial score (nSPS) is 10.3. The van der Waals surface area contributed by atoms with Gasteiger partial charge in [-0.15, -0.1) is 0 Å². The summed E-state index contributed by atoms with van der Waals surface area (Å²) in [4.78, 5) is 23.2. The molecule has 5 nitrogen and oxygen atoms in total. The van der Waals surface area contributed by atoms with Crippen molar-refractivity contribution in [3.63, 3.8) is 0 Å². The van der Waals surface area contributed by atoms with Crippen LogP contribution in [0, 0.1) is 0 Å². The van der Waals surface area contributed by atoms with Gasteiger partial charge in [0.25, 0.3) is 0 Å². The Morgan fingerprint density at radius 2 is 1.91 bits per heavy atom. The molecule has 0 aromatic heterocycles. The van der Waals surface area contributed by atoms with Crippen LogP contribution in [-0.2, 0) is 20.8 Å². The smallest absolute Gasteiger partial charge is 0.338 e. The quantitative estimate of drug-likeness (QED) is 0.532. The first kappa shape index (κ1) is 18.2. The van der Waals surface area contributed by atoms with Gasteiger partial charge in [0.15, 0.2) is 0 Å². The molecule has 1 rings (SSSR count). The Bertz CT molecular complexity index is 473. The Labute approximate surface area is 132 Å². The molecule has 0 radical (unpaired) electrons. The summed E-state index contributed by atoms with van der Waals surface area (Å²) in [6.45, 7) is 5.54. The van der Waals surface area contributed by atoms with Gasteiger partial charge in [0.2, 0.25) is 0 Å². The number of carbonyl (C=O) groups is 2. The second-order valence-electron chi connectivity index (χ2n) is 5.01. The SMILES string of the molecule is CCCCOC(=O)c1cccc(CNCC(=O)OCCC)c1. The van der Waals surface area contributed by atoms with E-state index in [1.54, 1.807) is 12.1 Å². The summed E-state index contributed by atoms with van der Waals surface area (Å²) in [5.41, 5.74) is 1.46. The molecule has 0 bridgehead atoms. The largest absolute Gasteiger partial charge is 0.465 e. The summed E-state index contributed by atoms with van der Waals surface area (Å²) in [5.74, 6) is -0.574. The number of unbranched alkanes of at least 4 members (excludes halogenated alkanes) is 1. The van der Waals surface area contributed by atoms with Gasteiger partial charge >= 0.3 is 11.9 Å². The number of hydrogen-bond donors (Lipinski definition) is 1. The van der Waals surface area contributed by atoms with Gasteiger partial charge in [0, 0.05) is 6.54 Å². The number of carbonyl (C=O) groups excluding carboxylic acids is 2. The highest BCUT2D eigenvalue weighted by Gasteiger charge is 2.08. The van der Waals surface area contributed by atoms with Gasteiger partial charge in [-0.05, 0) is 30.5 Å². The minimum absolute atomic E-state index is 0.158. The molecule has 0 spiro atoms. The average Bonchev–Trinajstić information content (AvgIpc) is 2.53. The van der Waals surface area contributed by atoms with Crippen LogP contribution in [0.25, 0.3) is 0 Å². The summed E-state index contributed by atoms with van der Waals surface area (Å²) in [6.07, 6.45) is 2.67. The number of esters is 2. The molecule has 22 heavy (non-hydrogen) atoms. The number of benzene rings is 1. The molecule has 0 atom stereocenters. The van der Waals surface area contributed by atoms with Crippen LogP contribution in [0.5, 0.6) is 0 Å². The van der Waals surface area contributed by atoms with Crippen LogP contribution >= 0.6 is 0 Å². The zero-order chi connectivity index (χ0) is 16.2. The third-order valence-corrected chi connectivity index (χ3v) is 2.96. The molecule has 0 amide bonds. The van der Waals surface area contributed by atoms with Gasteiger partial charge in [-0.2, -0.15) is 0 Å². The summed E-state index contributed by atoms with van der Waals surface area (Å²) < 4.78 is 10.1. The molecule has 0 fully saturated rings. The highest BCUT2D eigenvalue weighted by atomic mass is 16.5. The van der Waals surface area contributed by atoms with Crippen LogP contribution in [-0.4, -0.2) is 31.7 Å². The number of ether oxygens (including phenoxy) is 2. The maximum Gasteiger partial charge on any atom is 0.338 e. The van der Waals surface area contributed by atoms with E-state index in [0.29, 0.717) is 25.3 Å². The van der Waals surface area contributed by atoms with E-state index in [1.165, 1.54) is 0 Å². The Kier molecular flexibility index (Phi) is 8.91. The molecule has 0 aliphatic rings. The van der Waals surface area contributed by atoms with Crippen molar-refractivity contribution < 1.29 is 19.1 Å².